The van der Waals surface area contributed by atoms with Crippen molar-refractivity contribution in [1.82, 2.24) is 20.0 Å². The molecule has 2 rings (SSSR count). The molecule has 0 radical (unpaired) electrons. The highest BCUT2D eigenvalue weighted by Gasteiger charge is 2.15. The van der Waals surface area contributed by atoms with E-state index in [0.29, 0.717) is 12.5 Å². The average molecular weight is 429 g/mol. The van der Waals surface area contributed by atoms with E-state index in [1.165, 1.54) is 4.90 Å². The molecular weight excluding hydrogens is 399 g/mol. The largest absolute Gasteiger partial charge is 0.379 e. The molecule has 10 heteroatoms. The third kappa shape index (κ3) is 7.49. The Kier molecular flexibility index (Phi) is 9.38. The van der Waals surface area contributed by atoms with Crippen LogP contribution in [0.25, 0.3) is 0 Å². The highest BCUT2D eigenvalue weighted by molar-refractivity contribution is 5.84. The molecule has 30 heavy (non-hydrogen) atoms. The number of rotatable bonds is 8. The summed E-state index contributed by atoms with van der Waals surface area (Å²) < 4.78 is 45.6. The van der Waals surface area contributed by atoms with E-state index in [0.717, 1.165) is 51.4 Å². The number of guanidine groups is 1. The number of likely N-dealkylation sites (N-methyl/N-ethyl adjacent to an activating group) is 1. The van der Waals surface area contributed by atoms with Crippen molar-refractivity contribution in [3.05, 3.63) is 35.1 Å². The molecule has 1 N–H and O–H groups in total. The van der Waals surface area contributed by atoms with Gasteiger partial charge in [-0.15, -0.1) is 0 Å². The fourth-order valence-electron chi connectivity index (χ4n) is 2.97. The smallest absolute Gasteiger partial charge is 0.243 e. The van der Waals surface area contributed by atoms with Crippen LogP contribution >= 0.6 is 0 Å². The van der Waals surface area contributed by atoms with Gasteiger partial charge in [0.15, 0.2) is 23.4 Å². The number of benzene rings is 1. The number of carbonyl (C=O) groups excluding carboxylic acids is 1. The van der Waals surface area contributed by atoms with Gasteiger partial charge in [-0.25, -0.2) is 18.2 Å². The Hall–Kier alpha value is -2.33. The minimum Gasteiger partial charge on any atom is -0.379 e. The van der Waals surface area contributed by atoms with Gasteiger partial charge < -0.3 is 19.9 Å². The van der Waals surface area contributed by atoms with Crippen LogP contribution in [0.1, 0.15) is 12.0 Å². The van der Waals surface area contributed by atoms with Gasteiger partial charge in [0.25, 0.3) is 0 Å². The van der Waals surface area contributed by atoms with Crippen LogP contribution in [0.4, 0.5) is 13.2 Å². The van der Waals surface area contributed by atoms with Gasteiger partial charge in [0.05, 0.1) is 13.2 Å². The average Bonchev–Trinajstić information content (AvgIpc) is 2.71. The molecule has 1 aromatic rings. The fraction of sp³-hybridized carbons (Fsp3) is 0.600. The van der Waals surface area contributed by atoms with Crippen LogP contribution in [-0.4, -0.2) is 93.6 Å². The van der Waals surface area contributed by atoms with Crippen LogP contribution in [0.15, 0.2) is 17.1 Å². The number of carbonyl (C=O) groups is 1. The molecule has 1 heterocycles. The Morgan fingerprint density at radius 1 is 1.17 bits per heavy atom. The first kappa shape index (κ1) is 23.9. The van der Waals surface area contributed by atoms with Crippen molar-refractivity contribution in [3.63, 3.8) is 0 Å². The molecule has 1 amide bonds. The zero-order valence-corrected chi connectivity index (χ0v) is 17.8. The molecule has 0 bridgehead atoms. The summed E-state index contributed by atoms with van der Waals surface area (Å²) in [5, 5.41) is 3.20. The standard InChI is InChI=1S/C20H30F3N5O2/c1-26(2)18(29)13-25-20(24-5-4-6-28-7-9-30-10-8-28)27(3)14-15-11-16(21)19(23)17(22)12-15/h11-12H,4-10,13-14H2,1-3H3,(H,24,25). The molecular formula is C20H30F3N5O2. The van der Waals surface area contributed by atoms with Crippen LogP contribution in [0, 0.1) is 17.5 Å². The normalized spacial score (nSPS) is 15.2. The number of nitrogens with one attached hydrogen (secondary N) is 1. The first-order valence-corrected chi connectivity index (χ1v) is 9.91. The lowest BCUT2D eigenvalue weighted by atomic mass is 10.2. The summed E-state index contributed by atoms with van der Waals surface area (Å²) in [6, 6.07) is 1.91. The number of nitrogens with zero attached hydrogens (tertiary/aromatic N) is 4. The number of aliphatic imine (C=N–C) groups is 1. The molecule has 1 fully saturated rings. The van der Waals surface area contributed by atoms with Crippen molar-refractivity contribution in [3.8, 4) is 0 Å². The van der Waals surface area contributed by atoms with Crippen molar-refractivity contribution < 1.29 is 22.7 Å². The monoisotopic (exact) mass is 429 g/mol. The predicted octanol–water partition coefficient (Wildman–Crippen LogP) is 1.29. The second-order valence-corrected chi connectivity index (χ2v) is 7.39. The Morgan fingerprint density at radius 2 is 1.80 bits per heavy atom. The van der Waals surface area contributed by atoms with Crippen molar-refractivity contribution >= 4 is 11.9 Å². The maximum absolute atomic E-state index is 13.5. The Bertz CT molecular complexity index is 716. The number of halogens is 3. The van der Waals surface area contributed by atoms with E-state index in [2.05, 4.69) is 15.2 Å². The van der Waals surface area contributed by atoms with Gasteiger partial charge in [0.2, 0.25) is 5.91 Å². The Morgan fingerprint density at radius 3 is 2.40 bits per heavy atom. The molecule has 1 aliphatic rings. The Labute approximate surface area is 175 Å². The summed E-state index contributed by atoms with van der Waals surface area (Å²) in [5.41, 5.74) is 0.260. The van der Waals surface area contributed by atoms with Gasteiger partial charge in [-0.3, -0.25) is 9.69 Å². The van der Waals surface area contributed by atoms with Gasteiger partial charge in [0, 0.05) is 47.3 Å². The van der Waals surface area contributed by atoms with Gasteiger partial charge in [-0.2, -0.15) is 0 Å². The molecule has 0 saturated carbocycles. The number of amides is 1. The molecule has 0 aromatic heterocycles. The maximum atomic E-state index is 13.5. The van der Waals surface area contributed by atoms with Crippen LogP contribution in [0.2, 0.25) is 0 Å². The number of hydrogen-bond donors (Lipinski definition) is 1. The van der Waals surface area contributed by atoms with Gasteiger partial charge in [0.1, 0.15) is 6.54 Å². The summed E-state index contributed by atoms with van der Waals surface area (Å²) >= 11 is 0. The second-order valence-electron chi connectivity index (χ2n) is 7.39. The van der Waals surface area contributed by atoms with Gasteiger partial charge >= 0.3 is 0 Å². The summed E-state index contributed by atoms with van der Waals surface area (Å²) in [7, 11) is 4.97. The van der Waals surface area contributed by atoms with Crippen molar-refractivity contribution in [2.75, 3.05) is 67.1 Å². The summed E-state index contributed by atoms with van der Waals surface area (Å²) in [5.74, 6) is -3.71. The molecule has 0 aliphatic carbocycles. The van der Waals surface area contributed by atoms with Crippen LogP contribution < -0.4 is 5.32 Å². The van der Waals surface area contributed by atoms with Crippen molar-refractivity contribution in [2.24, 2.45) is 4.99 Å². The molecule has 0 atom stereocenters. The second kappa shape index (κ2) is 11.8. The van der Waals surface area contributed by atoms with E-state index in [4.69, 9.17) is 4.74 Å². The topological polar surface area (TPSA) is 60.4 Å². The lowest BCUT2D eigenvalue weighted by Crippen LogP contribution is -2.42. The number of hydrogen-bond acceptors (Lipinski definition) is 4. The van der Waals surface area contributed by atoms with Crippen molar-refractivity contribution in [2.45, 2.75) is 13.0 Å². The summed E-state index contributed by atoms with van der Waals surface area (Å²) in [6.45, 7) is 4.83. The molecule has 0 spiro atoms. The SMILES string of the molecule is CN(C)C(=O)CN=C(NCCCN1CCOCC1)N(C)Cc1cc(F)c(F)c(F)c1. The van der Waals surface area contributed by atoms with Crippen LogP contribution in [0.5, 0.6) is 0 Å². The molecule has 0 unspecified atom stereocenters. The van der Waals surface area contributed by atoms with Crippen molar-refractivity contribution in [1.29, 1.82) is 0 Å². The molecule has 168 valence electrons. The molecule has 1 aliphatic heterocycles. The lowest BCUT2D eigenvalue weighted by molar-refractivity contribution is -0.127. The third-order valence-corrected chi connectivity index (χ3v) is 4.73. The molecule has 7 nitrogen and oxygen atoms in total. The van der Waals surface area contributed by atoms with Crippen LogP contribution in [-0.2, 0) is 16.1 Å². The molecule has 1 aromatic carbocycles. The first-order valence-electron chi connectivity index (χ1n) is 9.91. The highest BCUT2D eigenvalue weighted by atomic mass is 19.2. The van der Waals surface area contributed by atoms with Gasteiger partial charge in [-0.05, 0) is 30.7 Å². The van der Waals surface area contributed by atoms with E-state index >= 15 is 0 Å². The number of ether oxygens (including phenoxy) is 1. The highest BCUT2D eigenvalue weighted by Crippen LogP contribution is 2.15. The fourth-order valence-corrected chi connectivity index (χ4v) is 2.97. The molecule has 1 saturated heterocycles. The van der Waals surface area contributed by atoms with Gasteiger partial charge in [-0.1, -0.05) is 0 Å². The zero-order valence-electron chi connectivity index (χ0n) is 17.8. The summed E-state index contributed by atoms with van der Waals surface area (Å²) in [4.78, 5) is 21.6. The maximum Gasteiger partial charge on any atom is 0.243 e. The lowest BCUT2D eigenvalue weighted by Gasteiger charge is -2.27. The van der Waals surface area contributed by atoms with E-state index in [1.54, 1.807) is 26.0 Å². The van der Waals surface area contributed by atoms with E-state index in [-0.39, 0.29) is 24.6 Å². The first-order chi connectivity index (χ1) is 14.3. The zero-order chi connectivity index (χ0) is 22.1. The minimum atomic E-state index is -1.49. The van der Waals surface area contributed by atoms with E-state index in [1.807, 2.05) is 0 Å². The quantitative estimate of drug-likeness (QED) is 0.292. The Balaban J connectivity index is 1.98. The van der Waals surface area contributed by atoms with Crippen LogP contribution in [0.3, 0.4) is 0 Å². The predicted molar refractivity (Wildman–Crippen MR) is 109 cm³/mol. The number of morpholine rings is 1. The van der Waals surface area contributed by atoms with E-state index in [9.17, 15) is 18.0 Å². The van der Waals surface area contributed by atoms with E-state index < -0.39 is 17.5 Å². The minimum absolute atomic E-state index is 0.0602. The summed E-state index contributed by atoms with van der Waals surface area (Å²) in [6.07, 6.45) is 0.855. The third-order valence-electron chi connectivity index (χ3n) is 4.73.